The van der Waals surface area contributed by atoms with Crippen molar-refractivity contribution in [3.8, 4) is 0 Å². The molecule has 0 fully saturated rings. The van der Waals surface area contributed by atoms with Crippen molar-refractivity contribution in [3.63, 3.8) is 0 Å². The number of benzene rings is 1. The van der Waals surface area contributed by atoms with Gasteiger partial charge < -0.3 is 10.7 Å². The fourth-order valence-electron chi connectivity index (χ4n) is 1.65. The van der Waals surface area contributed by atoms with Crippen LogP contribution in [-0.2, 0) is 0 Å². The molecule has 0 aliphatic rings. The molecule has 2 rings (SSSR count). The van der Waals surface area contributed by atoms with E-state index in [9.17, 15) is 0 Å². The lowest BCUT2D eigenvalue weighted by molar-refractivity contribution is 0.819. The quantitative estimate of drug-likeness (QED) is 0.685. The number of rotatable bonds is 1. The Kier molecular flexibility index (Phi) is 1.85. The first kappa shape index (κ1) is 8.32. The van der Waals surface area contributed by atoms with Gasteiger partial charge in [0.2, 0.25) is 0 Å². The van der Waals surface area contributed by atoms with Gasteiger partial charge in [0.15, 0.2) is 0 Å². The van der Waals surface area contributed by atoms with Crippen LogP contribution >= 0.6 is 0 Å². The largest absolute Gasteiger partial charge is 0.361 e. The first-order chi connectivity index (χ1) is 6.18. The molecule has 0 aliphatic carbocycles. The Morgan fingerprint density at radius 3 is 2.85 bits per heavy atom. The lowest BCUT2D eigenvalue weighted by atomic mass is 10.0. The molecule has 3 N–H and O–H groups in total. The monoisotopic (exact) mass is 174 g/mol. The summed E-state index contributed by atoms with van der Waals surface area (Å²) in [7, 11) is 0. The zero-order valence-corrected chi connectivity index (χ0v) is 7.96. The van der Waals surface area contributed by atoms with E-state index in [0.29, 0.717) is 0 Å². The second-order valence-corrected chi connectivity index (χ2v) is 3.57. The molecule has 0 saturated carbocycles. The Morgan fingerprint density at radius 2 is 2.15 bits per heavy atom. The van der Waals surface area contributed by atoms with Crippen LogP contribution in [0.2, 0.25) is 0 Å². The van der Waals surface area contributed by atoms with Crippen LogP contribution in [0.5, 0.6) is 0 Å². The van der Waals surface area contributed by atoms with E-state index >= 15 is 0 Å². The first-order valence-electron chi connectivity index (χ1n) is 4.51. The summed E-state index contributed by atoms with van der Waals surface area (Å²) in [5, 5.41) is 1.24. The number of aromatic nitrogens is 1. The minimum atomic E-state index is 0.109. The number of hydrogen-bond donors (Lipinski definition) is 2. The van der Waals surface area contributed by atoms with Gasteiger partial charge in [-0.3, -0.25) is 0 Å². The standard InChI is InChI=1S/C11H14N2/c1-7-5-10(8(2)12)6-9-3-4-13-11(7)9/h3-6,8,13H,12H2,1-2H3. The number of aryl methyl sites for hydroxylation is 1. The van der Waals surface area contributed by atoms with Crippen molar-refractivity contribution >= 4 is 10.9 Å². The van der Waals surface area contributed by atoms with Crippen molar-refractivity contribution in [2.45, 2.75) is 19.9 Å². The van der Waals surface area contributed by atoms with E-state index < -0.39 is 0 Å². The van der Waals surface area contributed by atoms with E-state index in [4.69, 9.17) is 5.73 Å². The summed E-state index contributed by atoms with van der Waals surface area (Å²) in [5.41, 5.74) is 9.50. The van der Waals surface area contributed by atoms with Gasteiger partial charge in [-0.15, -0.1) is 0 Å². The molecule has 1 atom stereocenters. The van der Waals surface area contributed by atoms with Crippen LogP contribution in [0.4, 0.5) is 0 Å². The first-order valence-corrected chi connectivity index (χ1v) is 4.51. The predicted octanol–water partition coefficient (Wildman–Crippen LogP) is 2.50. The summed E-state index contributed by atoms with van der Waals surface area (Å²) < 4.78 is 0. The van der Waals surface area contributed by atoms with Crippen LogP contribution in [0, 0.1) is 6.92 Å². The highest BCUT2D eigenvalue weighted by atomic mass is 14.7. The molecule has 2 heteroatoms. The average Bonchev–Trinajstić information content (AvgIpc) is 2.51. The maximum Gasteiger partial charge on any atom is 0.0483 e. The van der Waals surface area contributed by atoms with Crippen molar-refractivity contribution < 1.29 is 0 Å². The van der Waals surface area contributed by atoms with Gasteiger partial charge in [-0.1, -0.05) is 6.07 Å². The number of nitrogens with two attached hydrogens (primary N) is 1. The van der Waals surface area contributed by atoms with Crippen molar-refractivity contribution in [2.24, 2.45) is 5.73 Å². The van der Waals surface area contributed by atoms with Gasteiger partial charge in [0.1, 0.15) is 0 Å². The maximum absolute atomic E-state index is 5.83. The van der Waals surface area contributed by atoms with Gasteiger partial charge in [-0.25, -0.2) is 0 Å². The van der Waals surface area contributed by atoms with Crippen molar-refractivity contribution in [1.82, 2.24) is 4.98 Å². The fourth-order valence-corrected chi connectivity index (χ4v) is 1.65. The van der Waals surface area contributed by atoms with Gasteiger partial charge in [-0.05, 0) is 42.5 Å². The molecule has 0 spiro atoms. The highest BCUT2D eigenvalue weighted by molar-refractivity contribution is 5.83. The van der Waals surface area contributed by atoms with Crippen LogP contribution in [0.3, 0.4) is 0 Å². The Bertz CT molecular complexity index is 427. The summed E-state index contributed by atoms with van der Waals surface area (Å²) in [4.78, 5) is 3.21. The van der Waals surface area contributed by atoms with Crippen LogP contribution in [-0.4, -0.2) is 4.98 Å². The average molecular weight is 174 g/mol. The summed E-state index contributed by atoms with van der Waals surface area (Å²) in [5.74, 6) is 0. The minimum Gasteiger partial charge on any atom is -0.361 e. The molecular formula is C11H14N2. The minimum absolute atomic E-state index is 0.109. The summed E-state index contributed by atoms with van der Waals surface area (Å²) in [6.07, 6.45) is 1.96. The number of fused-ring (bicyclic) bond motifs is 1. The number of nitrogens with one attached hydrogen (secondary N) is 1. The molecule has 13 heavy (non-hydrogen) atoms. The van der Waals surface area contributed by atoms with E-state index in [0.717, 1.165) is 0 Å². The third-order valence-corrected chi connectivity index (χ3v) is 2.40. The molecule has 0 aliphatic heterocycles. The Balaban J connectivity index is 2.70. The second-order valence-electron chi connectivity index (χ2n) is 3.57. The van der Waals surface area contributed by atoms with Gasteiger partial charge >= 0.3 is 0 Å². The molecule has 1 unspecified atom stereocenters. The van der Waals surface area contributed by atoms with Gasteiger partial charge in [0.05, 0.1) is 0 Å². The van der Waals surface area contributed by atoms with Gasteiger partial charge in [0, 0.05) is 17.8 Å². The molecule has 0 radical (unpaired) electrons. The molecule has 0 saturated heterocycles. The molecule has 1 aromatic carbocycles. The zero-order valence-electron chi connectivity index (χ0n) is 7.96. The molecule has 2 aromatic rings. The fraction of sp³-hybridized carbons (Fsp3) is 0.273. The van der Waals surface area contributed by atoms with E-state index in [-0.39, 0.29) is 6.04 Å². The second kappa shape index (κ2) is 2.89. The SMILES string of the molecule is Cc1cc(C(C)N)cc2cc[nH]c12. The molecule has 0 bridgehead atoms. The lowest BCUT2D eigenvalue weighted by Gasteiger charge is -2.07. The zero-order chi connectivity index (χ0) is 9.42. The third-order valence-electron chi connectivity index (χ3n) is 2.40. The Labute approximate surface area is 77.8 Å². The molecule has 1 heterocycles. The predicted molar refractivity (Wildman–Crippen MR) is 55.6 cm³/mol. The van der Waals surface area contributed by atoms with Crippen molar-refractivity contribution in [3.05, 3.63) is 35.5 Å². The molecular weight excluding hydrogens is 160 g/mol. The van der Waals surface area contributed by atoms with Crippen LogP contribution in [0.15, 0.2) is 24.4 Å². The van der Waals surface area contributed by atoms with Gasteiger partial charge in [0.25, 0.3) is 0 Å². The number of hydrogen-bond acceptors (Lipinski definition) is 1. The van der Waals surface area contributed by atoms with E-state index in [2.05, 4.69) is 30.1 Å². The molecule has 0 amide bonds. The Hall–Kier alpha value is -1.28. The smallest absolute Gasteiger partial charge is 0.0483 e. The van der Waals surface area contributed by atoms with E-state index in [1.165, 1.54) is 22.0 Å². The Morgan fingerprint density at radius 1 is 1.38 bits per heavy atom. The molecule has 68 valence electrons. The van der Waals surface area contributed by atoms with E-state index in [1.54, 1.807) is 0 Å². The summed E-state index contributed by atoms with van der Waals surface area (Å²) >= 11 is 0. The number of H-pyrrole nitrogens is 1. The van der Waals surface area contributed by atoms with Crippen LogP contribution in [0.25, 0.3) is 10.9 Å². The molecule has 1 aromatic heterocycles. The van der Waals surface area contributed by atoms with Gasteiger partial charge in [-0.2, -0.15) is 0 Å². The lowest BCUT2D eigenvalue weighted by Crippen LogP contribution is -2.04. The third kappa shape index (κ3) is 1.33. The van der Waals surface area contributed by atoms with Crippen molar-refractivity contribution in [1.29, 1.82) is 0 Å². The highest BCUT2D eigenvalue weighted by Crippen LogP contribution is 2.21. The number of aromatic amines is 1. The summed E-state index contributed by atoms with van der Waals surface area (Å²) in [6, 6.07) is 6.47. The highest BCUT2D eigenvalue weighted by Gasteiger charge is 2.04. The van der Waals surface area contributed by atoms with Crippen LogP contribution in [0.1, 0.15) is 24.1 Å². The normalized spacial score (nSPS) is 13.5. The maximum atomic E-state index is 5.83. The van der Waals surface area contributed by atoms with E-state index in [1.807, 2.05) is 13.1 Å². The van der Waals surface area contributed by atoms with Crippen LogP contribution < -0.4 is 5.73 Å². The topological polar surface area (TPSA) is 41.8 Å². The summed E-state index contributed by atoms with van der Waals surface area (Å²) in [6.45, 7) is 4.11. The molecule has 2 nitrogen and oxygen atoms in total. The van der Waals surface area contributed by atoms with Crippen molar-refractivity contribution in [2.75, 3.05) is 0 Å².